The normalized spacial score (nSPS) is 14.4. The van der Waals surface area contributed by atoms with E-state index in [-0.39, 0.29) is 12.8 Å². The van der Waals surface area contributed by atoms with Crippen LogP contribution in [0.1, 0.15) is 18.5 Å². The molecule has 0 bridgehead atoms. The van der Waals surface area contributed by atoms with Crippen LogP contribution in [0.3, 0.4) is 0 Å². The fourth-order valence-electron chi connectivity index (χ4n) is 2.65. The molecule has 0 aliphatic carbocycles. The molecule has 184 valence electrons. The number of thioether (sulfide) groups is 1. The molecule has 14 nitrogen and oxygen atoms in total. The summed E-state index contributed by atoms with van der Waals surface area (Å²) in [7, 11) is 0. The minimum absolute atomic E-state index is 0.0356. The lowest BCUT2D eigenvalue weighted by Gasteiger charge is -2.24. The van der Waals surface area contributed by atoms with E-state index in [2.05, 4.69) is 25.9 Å². The average Bonchev–Trinajstić information content (AvgIpc) is 3.26. The van der Waals surface area contributed by atoms with Gasteiger partial charge in [-0.3, -0.25) is 19.2 Å². The lowest BCUT2D eigenvalue weighted by atomic mass is 10.1. The van der Waals surface area contributed by atoms with Crippen molar-refractivity contribution in [1.82, 2.24) is 25.9 Å². The van der Waals surface area contributed by atoms with Crippen molar-refractivity contribution in [2.24, 2.45) is 11.5 Å². The van der Waals surface area contributed by atoms with Gasteiger partial charge >= 0.3 is 5.97 Å². The average molecular weight is 488 g/mol. The SMILES string of the molecule is CSCCC(NC(=O)C(Cc1cnc[nH]1)NC(=O)C(N)CC(N)=O)C(=O)NC(CO)C(=O)O. The van der Waals surface area contributed by atoms with E-state index < -0.39 is 66.8 Å². The van der Waals surface area contributed by atoms with Crippen LogP contribution < -0.4 is 27.4 Å². The topological polar surface area (TPSA) is 243 Å². The van der Waals surface area contributed by atoms with Crippen LogP contribution >= 0.6 is 11.8 Å². The first-order chi connectivity index (χ1) is 15.6. The Kier molecular flexibility index (Phi) is 11.9. The fourth-order valence-corrected chi connectivity index (χ4v) is 3.12. The zero-order chi connectivity index (χ0) is 25.0. The Morgan fingerprint density at radius 3 is 2.21 bits per heavy atom. The van der Waals surface area contributed by atoms with E-state index >= 15 is 0 Å². The predicted molar refractivity (Wildman–Crippen MR) is 118 cm³/mol. The lowest BCUT2D eigenvalue weighted by Crippen LogP contribution is -2.58. The summed E-state index contributed by atoms with van der Waals surface area (Å²) >= 11 is 1.40. The maximum atomic E-state index is 13.0. The molecule has 0 aliphatic heterocycles. The van der Waals surface area contributed by atoms with Gasteiger partial charge in [-0.05, 0) is 18.4 Å². The molecule has 0 fully saturated rings. The number of imidazole rings is 1. The van der Waals surface area contributed by atoms with Gasteiger partial charge in [-0.1, -0.05) is 0 Å². The number of nitrogens with one attached hydrogen (secondary N) is 4. The van der Waals surface area contributed by atoms with Crippen LogP contribution in [0.2, 0.25) is 0 Å². The summed E-state index contributed by atoms with van der Waals surface area (Å²) in [5.74, 6) is -4.13. The molecule has 0 radical (unpaired) electrons. The number of nitrogens with two attached hydrogens (primary N) is 2. The molecule has 10 N–H and O–H groups in total. The van der Waals surface area contributed by atoms with Crippen LogP contribution in [0.25, 0.3) is 0 Å². The molecule has 0 saturated heterocycles. The highest BCUT2D eigenvalue weighted by Crippen LogP contribution is 2.05. The minimum Gasteiger partial charge on any atom is -0.480 e. The van der Waals surface area contributed by atoms with E-state index in [1.807, 2.05) is 0 Å². The number of carbonyl (C=O) groups excluding carboxylic acids is 4. The number of amides is 4. The first-order valence-electron chi connectivity index (χ1n) is 9.83. The molecular formula is C18H29N7O7S. The van der Waals surface area contributed by atoms with Crippen molar-refractivity contribution in [2.75, 3.05) is 18.6 Å². The van der Waals surface area contributed by atoms with Crippen LogP contribution in [-0.4, -0.2) is 92.6 Å². The molecule has 0 aromatic carbocycles. The molecule has 0 saturated carbocycles. The Labute approximate surface area is 193 Å². The van der Waals surface area contributed by atoms with Crippen LogP contribution in [0.4, 0.5) is 0 Å². The van der Waals surface area contributed by atoms with E-state index in [0.29, 0.717) is 11.4 Å². The molecule has 1 rings (SSSR count). The van der Waals surface area contributed by atoms with Crippen molar-refractivity contribution < 1.29 is 34.2 Å². The van der Waals surface area contributed by atoms with E-state index in [0.717, 1.165) is 0 Å². The highest BCUT2D eigenvalue weighted by molar-refractivity contribution is 7.98. The summed E-state index contributed by atoms with van der Waals surface area (Å²) < 4.78 is 0. The highest BCUT2D eigenvalue weighted by Gasteiger charge is 2.30. The smallest absolute Gasteiger partial charge is 0.328 e. The zero-order valence-electron chi connectivity index (χ0n) is 17.9. The van der Waals surface area contributed by atoms with E-state index in [4.69, 9.17) is 21.7 Å². The number of aliphatic carboxylic acids is 1. The number of rotatable bonds is 15. The Hall–Kier alpha value is -3.17. The largest absolute Gasteiger partial charge is 0.480 e. The monoisotopic (exact) mass is 487 g/mol. The molecule has 4 amide bonds. The maximum absolute atomic E-state index is 13.0. The van der Waals surface area contributed by atoms with Crippen molar-refractivity contribution in [2.45, 2.75) is 43.4 Å². The van der Waals surface area contributed by atoms with E-state index in [9.17, 15) is 24.0 Å². The number of H-pyrrole nitrogens is 1. The molecule has 1 heterocycles. The predicted octanol–water partition coefficient (Wildman–Crippen LogP) is -3.56. The third-order valence-electron chi connectivity index (χ3n) is 4.41. The third-order valence-corrected chi connectivity index (χ3v) is 5.05. The molecule has 0 spiro atoms. The van der Waals surface area contributed by atoms with Gasteiger partial charge in [0.1, 0.15) is 18.1 Å². The van der Waals surface area contributed by atoms with Crippen molar-refractivity contribution in [3.05, 3.63) is 18.2 Å². The zero-order valence-corrected chi connectivity index (χ0v) is 18.8. The number of carboxylic acid groups (broad SMARTS) is 1. The summed E-state index contributed by atoms with van der Waals surface area (Å²) in [6.45, 7) is -0.833. The number of nitrogens with zero attached hydrogens (tertiary/aromatic N) is 1. The van der Waals surface area contributed by atoms with Gasteiger partial charge in [0.2, 0.25) is 23.6 Å². The van der Waals surface area contributed by atoms with Gasteiger partial charge in [0.25, 0.3) is 0 Å². The Balaban J connectivity index is 3.00. The lowest BCUT2D eigenvalue weighted by molar-refractivity contribution is -0.143. The van der Waals surface area contributed by atoms with Crippen molar-refractivity contribution in [3.8, 4) is 0 Å². The standard InChI is InChI=1S/C18H29N7O7S/c1-33-3-2-11(16(29)25-13(7-26)18(31)32)23-17(30)12(4-9-6-21-8-22-9)24-15(28)10(19)5-14(20)27/h6,8,10-13,26H,2-5,7,19H2,1H3,(H2,20,27)(H,21,22)(H,23,30)(H,24,28)(H,25,29)(H,31,32). The number of aromatic nitrogens is 2. The Bertz CT molecular complexity index is 821. The van der Waals surface area contributed by atoms with Crippen LogP contribution in [0, 0.1) is 0 Å². The Morgan fingerprint density at radius 2 is 1.70 bits per heavy atom. The number of hydrogen-bond acceptors (Lipinski definition) is 9. The van der Waals surface area contributed by atoms with Gasteiger partial charge in [-0.15, -0.1) is 0 Å². The van der Waals surface area contributed by atoms with Crippen molar-refractivity contribution in [1.29, 1.82) is 0 Å². The highest BCUT2D eigenvalue weighted by atomic mass is 32.2. The van der Waals surface area contributed by atoms with Crippen molar-refractivity contribution in [3.63, 3.8) is 0 Å². The third kappa shape index (κ3) is 9.88. The van der Waals surface area contributed by atoms with Crippen LogP contribution in [0.5, 0.6) is 0 Å². The van der Waals surface area contributed by atoms with Gasteiger partial charge in [-0.2, -0.15) is 11.8 Å². The summed E-state index contributed by atoms with van der Waals surface area (Å²) in [6, 6.07) is -5.16. The quantitative estimate of drug-likeness (QED) is 0.121. The van der Waals surface area contributed by atoms with Gasteiger partial charge in [0.05, 0.1) is 25.4 Å². The number of aromatic amines is 1. The summed E-state index contributed by atoms with van der Waals surface area (Å²) in [4.78, 5) is 66.7. The first kappa shape index (κ1) is 27.9. The summed E-state index contributed by atoms with van der Waals surface area (Å²) in [6.07, 6.45) is 4.29. The van der Waals surface area contributed by atoms with Crippen LogP contribution in [0.15, 0.2) is 12.5 Å². The maximum Gasteiger partial charge on any atom is 0.328 e. The van der Waals surface area contributed by atoms with Gasteiger partial charge in [0, 0.05) is 18.3 Å². The number of carbonyl (C=O) groups is 5. The first-order valence-corrected chi connectivity index (χ1v) is 11.2. The molecule has 4 atom stereocenters. The molecule has 1 aromatic rings. The molecule has 15 heteroatoms. The molecular weight excluding hydrogens is 458 g/mol. The Morgan fingerprint density at radius 1 is 1.09 bits per heavy atom. The summed E-state index contributed by atoms with van der Waals surface area (Å²) in [5.41, 5.74) is 11.2. The van der Waals surface area contributed by atoms with E-state index in [1.54, 1.807) is 6.26 Å². The summed E-state index contributed by atoms with van der Waals surface area (Å²) in [5, 5.41) is 25.3. The van der Waals surface area contributed by atoms with Gasteiger partial charge < -0.3 is 42.6 Å². The number of hydrogen-bond donors (Lipinski definition) is 8. The molecule has 0 aliphatic rings. The second-order valence-electron chi connectivity index (χ2n) is 7.04. The molecule has 33 heavy (non-hydrogen) atoms. The number of aliphatic hydroxyl groups excluding tert-OH is 1. The van der Waals surface area contributed by atoms with Gasteiger partial charge in [-0.25, -0.2) is 9.78 Å². The fraction of sp³-hybridized carbons (Fsp3) is 0.556. The number of aliphatic hydroxyl groups is 1. The second-order valence-corrected chi connectivity index (χ2v) is 8.03. The molecule has 4 unspecified atom stereocenters. The number of primary amides is 1. The second kappa shape index (κ2) is 14.1. The van der Waals surface area contributed by atoms with Crippen LogP contribution in [-0.2, 0) is 30.4 Å². The minimum atomic E-state index is -1.54. The van der Waals surface area contributed by atoms with Crippen molar-refractivity contribution >= 4 is 41.4 Å². The molecule has 1 aromatic heterocycles. The number of carboxylic acids is 1. The van der Waals surface area contributed by atoms with E-state index in [1.165, 1.54) is 24.3 Å². The van der Waals surface area contributed by atoms with Gasteiger partial charge in [0.15, 0.2) is 0 Å².